The molecule has 160 valence electrons. The maximum atomic E-state index is 12.9. The fourth-order valence-corrected chi connectivity index (χ4v) is 5.40. The van der Waals surface area contributed by atoms with Gasteiger partial charge in [-0.3, -0.25) is 4.79 Å². The van der Waals surface area contributed by atoms with E-state index >= 15 is 0 Å². The van der Waals surface area contributed by atoms with Crippen LogP contribution in [0.3, 0.4) is 0 Å². The monoisotopic (exact) mass is 464 g/mol. The smallest absolute Gasteiger partial charge is 0.349 e. The summed E-state index contributed by atoms with van der Waals surface area (Å²) < 4.78 is 31.4. The highest BCUT2D eigenvalue weighted by molar-refractivity contribution is 7.90. The molecule has 0 unspecified atom stereocenters. The zero-order valence-corrected chi connectivity index (χ0v) is 18.7. The average molecular weight is 465 g/mol. The minimum absolute atomic E-state index is 0.164. The van der Waals surface area contributed by atoms with E-state index in [1.54, 1.807) is 29.8 Å². The van der Waals surface area contributed by atoms with E-state index in [0.29, 0.717) is 20.5 Å². The summed E-state index contributed by atoms with van der Waals surface area (Å²) in [6.07, 6.45) is 1.14. The van der Waals surface area contributed by atoms with Crippen molar-refractivity contribution in [1.82, 2.24) is 4.57 Å². The highest BCUT2D eigenvalue weighted by atomic mass is 32.2. The molecule has 0 spiro atoms. The molecule has 0 atom stereocenters. The molecule has 0 aliphatic heterocycles. The lowest BCUT2D eigenvalue weighted by Gasteiger charge is -2.03. The van der Waals surface area contributed by atoms with Crippen molar-refractivity contribution in [3.63, 3.8) is 0 Å². The van der Waals surface area contributed by atoms with Gasteiger partial charge in [0.1, 0.15) is 11.1 Å². The van der Waals surface area contributed by atoms with Crippen molar-refractivity contribution in [2.45, 2.75) is 4.90 Å². The van der Waals surface area contributed by atoms with Crippen LogP contribution in [0.4, 0.5) is 0 Å². The van der Waals surface area contributed by atoms with Crippen LogP contribution in [0.5, 0.6) is 0 Å². The van der Waals surface area contributed by atoms with E-state index in [9.17, 15) is 18.0 Å². The molecular weight excluding hydrogens is 448 g/mol. The summed E-state index contributed by atoms with van der Waals surface area (Å²) in [5.74, 6) is -0.723. The second-order valence-corrected chi connectivity index (χ2v) is 10.4. The van der Waals surface area contributed by atoms with Gasteiger partial charge in [-0.1, -0.05) is 41.7 Å². The fraction of sp³-hybridized carbons (Fsp3) is 0.0870. The maximum absolute atomic E-state index is 12.9. The molecule has 32 heavy (non-hydrogen) atoms. The second-order valence-electron chi connectivity index (χ2n) is 7.41. The standard InChI is InChI=1S/C23H16N2O5S2/c1-25-18-9-8-14(32(2,28)29)11-20(18)31-23(25)24-21(26)17-12-16-15-6-4-3-5-13(15)7-10-19(16)30-22(17)27/h3-12H,1-2H3. The molecule has 0 saturated heterocycles. The van der Waals surface area contributed by atoms with E-state index in [1.165, 1.54) is 23.5 Å². The molecule has 5 aromatic rings. The zero-order chi connectivity index (χ0) is 22.6. The SMILES string of the molecule is Cn1c(=NC(=O)c2cc3c(ccc4ccccc43)oc2=O)sc2cc(S(C)(=O)=O)ccc21. The average Bonchev–Trinajstić information content (AvgIpc) is 3.07. The van der Waals surface area contributed by atoms with Crippen LogP contribution in [0.2, 0.25) is 0 Å². The van der Waals surface area contributed by atoms with Gasteiger partial charge in [-0.05, 0) is 41.1 Å². The molecule has 3 aromatic carbocycles. The highest BCUT2D eigenvalue weighted by Gasteiger charge is 2.16. The lowest BCUT2D eigenvalue weighted by Crippen LogP contribution is -2.17. The predicted molar refractivity (Wildman–Crippen MR) is 124 cm³/mol. The summed E-state index contributed by atoms with van der Waals surface area (Å²) in [6, 6.07) is 17.4. The third kappa shape index (κ3) is 3.35. The van der Waals surface area contributed by atoms with Crippen LogP contribution in [-0.2, 0) is 16.9 Å². The van der Waals surface area contributed by atoms with Crippen molar-refractivity contribution in [2.24, 2.45) is 12.0 Å². The molecule has 0 saturated carbocycles. The van der Waals surface area contributed by atoms with Gasteiger partial charge in [0.25, 0.3) is 5.91 Å². The Labute approximate surface area is 185 Å². The molecule has 5 rings (SSSR count). The van der Waals surface area contributed by atoms with Gasteiger partial charge >= 0.3 is 5.63 Å². The molecule has 7 nitrogen and oxygen atoms in total. The van der Waals surface area contributed by atoms with E-state index < -0.39 is 21.4 Å². The second kappa shape index (κ2) is 7.25. The summed E-state index contributed by atoms with van der Waals surface area (Å²) in [4.78, 5) is 30.1. The molecule has 0 fully saturated rings. The third-order valence-electron chi connectivity index (χ3n) is 5.28. The van der Waals surface area contributed by atoms with Gasteiger partial charge in [-0.2, -0.15) is 4.99 Å². The summed E-state index contributed by atoms with van der Waals surface area (Å²) in [5, 5.41) is 2.48. The van der Waals surface area contributed by atoms with Crippen LogP contribution < -0.4 is 10.4 Å². The van der Waals surface area contributed by atoms with Crippen LogP contribution in [0.25, 0.3) is 32.0 Å². The van der Waals surface area contributed by atoms with Gasteiger partial charge in [0.15, 0.2) is 14.6 Å². The number of carbonyl (C=O) groups excluding carboxylic acids is 1. The van der Waals surface area contributed by atoms with Crippen LogP contribution in [-0.4, -0.2) is 25.1 Å². The molecule has 1 amide bonds. The lowest BCUT2D eigenvalue weighted by atomic mass is 10.0. The molecular formula is C23H16N2O5S2. The van der Waals surface area contributed by atoms with Crippen molar-refractivity contribution in [2.75, 3.05) is 6.26 Å². The Morgan fingerprint density at radius 2 is 1.81 bits per heavy atom. The predicted octanol–water partition coefficient (Wildman–Crippen LogP) is 3.64. The van der Waals surface area contributed by atoms with Crippen LogP contribution in [0.1, 0.15) is 10.4 Å². The number of rotatable bonds is 2. The first-order valence-electron chi connectivity index (χ1n) is 9.57. The van der Waals surface area contributed by atoms with Gasteiger partial charge in [0.2, 0.25) is 0 Å². The first kappa shape index (κ1) is 20.3. The largest absolute Gasteiger partial charge is 0.422 e. The van der Waals surface area contributed by atoms with E-state index in [2.05, 4.69) is 4.99 Å². The first-order chi connectivity index (χ1) is 15.2. The lowest BCUT2D eigenvalue weighted by molar-refractivity contribution is 0.0994. The first-order valence-corrected chi connectivity index (χ1v) is 12.3. The van der Waals surface area contributed by atoms with Crippen molar-refractivity contribution in [3.05, 3.63) is 81.4 Å². The number of aryl methyl sites for hydroxylation is 1. The zero-order valence-electron chi connectivity index (χ0n) is 17.0. The Balaban J connectivity index is 1.68. The fourth-order valence-electron chi connectivity index (χ4n) is 3.62. The number of carbonyl (C=O) groups is 1. The number of fused-ring (bicyclic) bond motifs is 4. The number of thiazole rings is 1. The van der Waals surface area contributed by atoms with Gasteiger partial charge in [-0.15, -0.1) is 0 Å². The van der Waals surface area contributed by atoms with Crippen molar-refractivity contribution < 1.29 is 17.6 Å². The number of hydrogen-bond donors (Lipinski definition) is 0. The Kier molecular flexibility index (Phi) is 4.61. The molecule has 0 N–H and O–H groups in total. The molecule has 2 heterocycles. The Morgan fingerprint density at radius 1 is 1.03 bits per heavy atom. The third-order valence-corrected chi connectivity index (χ3v) is 7.48. The van der Waals surface area contributed by atoms with Crippen molar-refractivity contribution >= 4 is 59.0 Å². The quantitative estimate of drug-likeness (QED) is 0.293. The summed E-state index contributed by atoms with van der Waals surface area (Å²) in [7, 11) is -1.64. The minimum atomic E-state index is -3.36. The van der Waals surface area contributed by atoms with Gasteiger partial charge in [0, 0.05) is 18.7 Å². The van der Waals surface area contributed by atoms with Crippen LogP contribution in [0.15, 0.2) is 79.8 Å². The minimum Gasteiger partial charge on any atom is -0.422 e. The summed E-state index contributed by atoms with van der Waals surface area (Å²) in [5.41, 5.74) is 0.198. The number of nitrogens with zero attached hydrogens (tertiary/aromatic N) is 2. The molecule has 0 bridgehead atoms. The molecule has 0 radical (unpaired) electrons. The number of benzene rings is 3. The summed E-state index contributed by atoms with van der Waals surface area (Å²) >= 11 is 1.17. The van der Waals surface area contributed by atoms with Gasteiger partial charge in [-0.25, -0.2) is 13.2 Å². The number of aromatic nitrogens is 1. The van der Waals surface area contributed by atoms with E-state index in [0.717, 1.165) is 22.5 Å². The topological polar surface area (TPSA) is 98.7 Å². The van der Waals surface area contributed by atoms with Gasteiger partial charge in [0.05, 0.1) is 15.1 Å². The summed E-state index contributed by atoms with van der Waals surface area (Å²) in [6.45, 7) is 0. The molecule has 2 aromatic heterocycles. The number of amides is 1. The van der Waals surface area contributed by atoms with Gasteiger partial charge < -0.3 is 8.98 Å². The maximum Gasteiger partial charge on any atom is 0.349 e. The Morgan fingerprint density at radius 3 is 2.59 bits per heavy atom. The van der Waals surface area contributed by atoms with E-state index in [-0.39, 0.29) is 10.5 Å². The molecule has 0 aliphatic rings. The highest BCUT2D eigenvalue weighted by Crippen LogP contribution is 2.25. The molecule has 9 heteroatoms. The number of hydrogen-bond acceptors (Lipinski definition) is 6. The molecule has 0 aliphatic carbocycles. The number of sulfone groups is 1. The normalized spacial score (nSPS) is 12.8. The van der Waals surface area contributed by atoms with E-state index in [4.69, 9.17) is 4.42 Å². The van der Waals surface area contributed by atoms with E-state index in [1.807, 2.05) is 30.3 Å². The Hall–Kier alpha value is -3.56. The van der Waals surface area contributed by atoms with Crippen molar-refractivity contribution in [1.29, 1.82) is 0 Å². The Bertz CT molecular complexity index is 1810. The van der Waals surface area contributed by atoms with Crippen LogP contribution >= 0.6 is 11.3 Å². The van der Waals surface area contributed by atoms with Crippen molar-refractivity contribution in [3.8, 4) is 0 Å². The van der Waals surface area contributed by atoms with Crippen LogP contribution in [0, 0.1) is 0 Å².